The summed E-state index contributed by atoms with van der Waals surface area (Å²) in [6.45, 7) is 3.57. The number of rotatable bonds is 7. The molecule has 0 bridgehead atoms. The maximum Gasteiger partial charge on any atom is 0.251 e. The number of hydrogen-bond donors (Lipinski definition) is 2. The second kappa shape index (κ2) is 9.14. The molecule has 1 fully saturated rings. The first-order chi connectivity index (χ1) is 12.3. The molecular weight excluding hydrogens is 354 g/mol. The lowest BCUT2D eigenvalue weighted by molar-refractivity contribution is -0.141. The van der Waals surface area contributed by atoms with Crippen molar-refractivity contribution in [2.24, 2.45) is 5.73 Å². The molecule has 0 spiro atoms. The van der Waals surface area contributed by atoms with Crippen molar-refractivity contribution < 1.29 is 19.1 Å². The number of thiophene rings is 1. The number of carbonyl (C=O) groups excluding carboxylic acids is 3. The largest absolute Gasteiger partial charge is 0.375 e. The molecule has 8 heteroatoms. The molecule has 2 rings (SSSR count). The molecule has 1 saturated carbocycles. The minimum Gasteiger partial charge on any atom is -0.375 e. The number of nitrogens with one attached hydrogen (secondary N) is 1. The summed E-state index contributed by atoms with van der Waals surface area (Å²) < 4.78 is 4.96. The fraction of sp³-hybridized carbons (Fsp3) is 0.611. The predicted octanol–water partition coefficient (Wildman–Crippen LogP) is 2.21. The van der Waals surface area contributed by atoms with E-state index < -0.39 is 5.91 Å². The Bertz CT molecular complexity index is 680. The van der Waals surface area contributed by atoms with E-state index >= 15 is 0 Å². The minimum absolute atomic E-state index is 0.0481. The van der Waals surface area contributed by atoms with Crippen LogP contribution in [0.2, 0.25) is 0 Å². The van der Waals surface area contributed by atoms with Crippen LogP contribution in [0.15, 0.2) is 0 Å². The van der Waals surface area contributed by atoms with Gasteiger partial charge in [0.2, 0.25) is 11.8 Å². The lowest BCUT2D eigenvalue weighted by Gasteiger charge is -2.33. The zero-order valence-corrected chi connectivity index (χ0v) is 16.4. The molecule has 0 saturated heterocycles. The van der Waals surface area contributed by atoms with Crippen LogP contribution in [0.3, 0.4) is 0 Å². The zero-order chi connectivity index (χ0) is 19.3. The monoisotopic (exact) mass is 381 g/mol. The van der Waals surface area contributed by atoms with Crippen LogP contribution in [-0.4, -0.2) is 48.9 Å². The Labute approximate surface area is 157 Å². The number of hydrogen-bond acceptors (Lipinski definition) is 5. The molecule has 0 radical (unpaired) electrons. The first kappa shape index (κ1) is 20.4. The van der Waals surface area contributed by atoms with Crippen LogP contribution < -0.4 is 11.1 Å². The van der Waals surface area contributed by atoms with Gasteiger partial charge in [-0.3, -0.25) is 14.4 Å². The van der Waals surface area contributed by atoms with Gasteiger partial charge < -0.3 is 20.7 Å². The molecule has 1 aromatic rings. The summed E-state index contributed by atoms with van der Waals surface area (Å²) in [5.74, 6) is -1.09. The van der Waals surface area contributed by atoms with Crippen molar-refractivity contribution in [2.45, 2.75) is 52.0 Å². The molecule has 144 valence electrons. The van der Waals surface area contributed by atoms with Gasteiger partial charge >= 0.3 is 0 Å². The lowest BCUT2D eigenvalue weighted by atomic mass is 9.94. The predicted molar refractivity (Wildman–Crippen MR) is 101 cm³/mol. The average molecular weight is 381 g/mol. The van der Waals surface area contributed by atoms with Crippen LogP contribution in [0.5, 0.6) is 0 Å². The third-order valence-corrected chi connectivity index (χ3v) is 5.92. The van der Waals surface area contributed by atoms with E-state index in [2.05, 4.69) is 5.32 Å². The van der Waals surface area contributed by atoms with E-state index in [1.54, 1.807) is 11.8 Å². The molecule has 26 heavy (non-hydrogen) atoms. The highest BCUT2D eigenvalue weighted by molar-refractivity contribution is 7.16. The first-order valence-corrected chi connectivity index (χ1v) is 9.64. The molecule has 1 aromatic heterocycles. The normalized spacial score (nSPS) is 14.9. The van der Waals surface area contributed by atoms with Gasteiger partial charge in [0.25, 0.3) is 5.91 Å². The Morgan fingerprint density at radius 2 is 1.88 bits per heavy atom. The number of nitrogens with two attached hydrogens (primary N) is 1. The van der Waals surface area contributed by atoms with Crippen molar-refractivity contribution in [2.75, 3.05) is 25.6 Å². The highest BCUT2D eigenvalue weighted by Gasteiger charge is 2.28. The summed E-state index contributed by atoms with van der Waals surface area (Å²) in [7, 11) is 1.47. The van der Waals surface area contributed by atoms with Crippen molar-refractivity contribution in [3.63, 3.8) is 0 Å². The molecule has 1 heterocycles. The van der Waals surface area contributed by atoms with E-state index in [0.29, 0.717) is 10.6 Å². The van der Waals surface area contributed by atoms with Crippen LogP contribution in [-0.2, 0) is 14.3 Å². The Morgan fingerprint density at radius 3 is 2.46 bits per heavy atom. The quantitative estimate of drug-likeness (QED) is 0.756. The highest BCUT2D eigenvalue weighted by Crippen LogP contribution is 2.32. The summed E-state index contributed by atoms with van der Waals surface area (Å²) in [5, 5.41) is 3.21. The van der Waals surface area contributed by atoms with Crippen molar-refractivity contribution in [1.82, 2.24) is 4.90 Å². The summed E-state index contributed by atoms with van der Waals surface area (Å²) in [6.07, 6.45) is 5.06. The van der Waals surface area contributed by atoms with Crippen molar-refractivity contribution in [3.8, 4) is 0 Å². The summed E-state index contributed by atoms with van der Waals surface area (Å²) in [6, 6.07) is 0.0552. The van der Waals surface area contributed by atoms with E-state index in [4.69, 9.17) is 10.5 Å². The van der Waals surface area contributed by atoms with Crippen molar-refractivity contribution in [3.05, 3.63) is 16.0 Å². The number of methoxy groups -OCH3 is 1. The van der Waals surface area contributed by atoms with Crippen LogP contribution >= 0.6 is 11.3 Å². The van der Waals surface area contributed by atoms with Gasteiger partial charge in [0, 0.05) is 18.0 Å². The second-order valence-electron chi connectivity index (χ2n) is 6.65. The van der Waals surface area contributed by atoms with E-state index in [1.165, 1.54) is 18.4 Å². The Hall–Kier alpha value is -1.93. The SMILES string of the molecule is COCC(=O)N(CC(=O)Nc1sc(C)c(C)c1C(N)=O)C1CCCCC1. The first-order valence-electron chi connectivity index (χ1n) is 8.83. The molecule has 0 atom stereocenters. The Morgan fingerprint density at radius 1 is 1.23 bits per heavy atom. The van der Waals surface area contributed by atoms with E-state index in [-0.39, 0.29) is 31.0 Å². The van der Waals surface area contributed by atoms with Crippen LogP contribution in [0.4, 0.5) is 5.00 Å². The molecule has 0 aromatic carbocycles. The van der Waals surface area contributed by atoms with Gasteiger partial charge in [-0.25, -0.2) is 0 Å². The summed E-state index contributed by atoms with van der Waals surface area (Å²) in [4.78, 5) is 39.2. The topological polar surface area (TPSA) is 102 Å². The molecule has 7 nitrogen and oxygen atoms in total. The van der Waals surface area contributed by atoms with Gasteiger partial charge in [0.15, 0.2) is 0 Å². The van der Waals surface area contributed by atoms with Gasteiger partial charge in [0.05, 0.1) is 5.56 Å². The molecule has 0 aliphatic heterocycles. The van der Waals surface area contributed by atoms with Crippen molar-refractivity contribution in [1.29, 1.82) is 0 Å². The fourth-order valence-corrected chi connectivity index (χ4v) is 4.43. The van der Waals surface area contributed by atoms with Gasteiger partial charge in [0.1, 0.15) is 18.2 Å². The van der Waals surface area contributed by atoms with Gasteiger partial charge in [-0.15, -0.1) is 11.3 Å². The van der Waals surface area contributed by atoms with E-state index in [1.807, 2.05) is 6.92 Å². The maximum absolute atomic E-state index is 12.6. The Balaban J connectivity index is 2.13. The molecule has 3 amide bonds. The van der Waals surface area contributed by atoms with Gasteiger partial charge in [-0.2, -0.15) is 0 Å². The zero-order valence-electron chi connectivity index (χ0n) is 15.6. The average Bonchev–Trinajstić information content (AvgIpc) is 2.87. The summed E-state index contributed by atoms with van der Waals surface area (Å²) >= 11 is 1.32. The van der Waals surface area contributed by atoms with E-state index in [0.717, 1.165) is 42.5 Å². The highest BCUT2D eigenvalue weighted by atomic mass is 32.1. The third-order valence-electron chi connectivity index (χ3n) is 4.80. The van der Waals surface area contributed by atoms with E-state index in [9.17, 15) is 14.4 Å². The number of carbonyl (C=O) groups is 3. The van der Waals surface area contributed by atoms with Gasteiger partial charge in [-0.1, -0.05) is 19.3 Å². The Kier molecular flexibility index (Phi) is 7.16. The van der Waals surface area contributed by atoms with Crippen LogP contribution in [0.25, 0.3) is 0 Å². The molecule has 1 aliphatic carbocycles. The van der Waals surface area contributed by atoms with Crippen LogP contribution in [0.1, 0.15) is 52.9 Å². The number of anilines is 1. The van der Waals surface area contributed by atoms with Crippen molar-refractivity contribution >= 4 is 34.1 Å². The minimum atomic E-state index is -0.568. The molecule has 0 unspecified atom stereocenters. The lowest BCUT2D eigenvalue weighted by Crippen LogP contribution is -2.47. The summed E-state index contributed by atoms with van der Waals surface area (Å²) in [5.41, 5.74) is 6.56. The smallest absolute Gasteiger partial charge is 0.251 e. The standard InChI is InChI=1S/C18H27N3O4S/c1-11-12(2)26-18(16(11)17(19)24)20-14(22)9-21(15(23)10-25-3)13-7-5-4-6-8-13/h13H,4-10H2,1-3H3,(H2,19,24)(H,20,22). The number of aryl methyl sites for hydroxylation is 1. The molecule has 1 aliphatic rings. The van der Waals surface area contributed by atoms with Crippen LogP contribution in [0, 0.1) is 13.8 Å². The number of ether oxygens (including phenoxy) is 1. The number of amides is 3. The second-order valence-corrected chi connectivity index (χ2v) is 7.87. The number of primary amides is 1. The number of nitrogens with zero attached hydrogens (tertiary/aromatic N) is 1. The maximum atomic E-state index is 12.6. The molecular formula is C18H27N3O4S. The third kappa shape index (κ3) is 4.82. The van der Waals surface area contributed by atoms with Gasteiger partial charge in [-0.05, 0) is 32.3 Å². The fourth-order valence-electron chi connectivity index (χ4n) is 3.35. The molecule has 3 N–H and O–H groups in total.